The Morgan fingerprint density at radius 1 is 1.24 bits per heavy atom. The molecular formula is C12H22O5. The largest absolute Gasteiger partial charge is 0.394 e. The summed E-state index contributed by atoms with van der Waals surface area (Å²) in [5.74, 6) is 0. The average Bonchev–Trinajstić information content (AvgIpc) is 3.15. The number of ether oxygens (including phenoxy) is 4. The van der Waals surface area contributed by atoms with E-state index in [1.54, 1.807) is 0 Å². The number of aliphatic hydroxyl groups is 1. The molecular weight excluding hydrogens is 224 g/mol. The lowest BCUT2D eigenvalue weighted by Gasteiger charge is -2.13. The molecule has 0 aliphatic carbocycles. The fourth-order valence-corrected chi connectivity index (χ4v) is 1.41. The molecule has 1 aliphatic rings. The van der Waals surface area contributed by atoms with Crippen molar-refractivity contribution in [2.24, 2.45) is 0 Å². The van der Waals surface area contributed by atoms with Crippen LogP contribution >= 0.6 is 0 Å². The van der Waals surface area contributed by atoms with Crippen LogP contribution in [-0.4, -0.2) is 63.6 Å². The van der Waals surface area contributed by atoms with E-state index >= 15 is 0 Å². The Morgan fingerprint density at radius 3 is 2.47 bits per heavy atom. The molecule has 1 N–H and O–H groups in total. The van der Waals surface area contributed by atoms with Gasteiger partial charge in [0.15, 0.2) is 0 Å². The second-order valence-corrected chi connectivity index (χ2v) is 3.75. The van der Waals surface area contributed by atoms with Crippen molar-refractivity contribution in [1.29, 1.82) is 0 Å². The molecule has 0 saturated carbocycles. The summed E-state index contributed by atoms with van der Waals surface area (Å²) in [5, 5.41) is 8.47. The molecule has 1 heterocycles. The number of aliphatic hydroxyl groups excluding tert-OH is 1. The summed E-state index contributed by atoms with van der Waals surface area (Å²) >= 11 is 0. The van der Waals surface area contributed by atoms with E-state index in [0.29, 0.717) is 33.0 Å². The van der Waals surface area contributed by atoms with Gasteiger partial charge < -0.3 is 24.1 Å². The van der Waals surface area contributed by atoms with E-state index in [0.717, 1.165) is 13.0 Å². The smallest absolute Gasteiger partial charge is 0.107 e. The molecule has 0 amide bonds. The zero-order valence-corrected chi connectivity index (χ0v) is 10.2. The highest BCUT2D eigenvalue weighted by Crippen LogP contribution is 2.19. The molecule has 5 nitrogen and oxygen atoms in total. The molecule has 1 saturated heterocycles. The van der Waals surface area contributed by atoms with Gasteiger partial charge in [-0.05, 0) is 6.42 Å². The Morgan fingerprint density at radius 2 is 1.88 bits per heavy atom. The highest BCUT2D eigenvalue weighted by atomic mass is 16.6. The average molecular weight is 246 g/mol. The molecule has 1 fully saturated rings. The third-order valence-electron chi connectivity index (χ3n) is 2.34. The first-order chi connectivity index (χ1) is 8.38. The van der Waals surface area contributed by atoms with Gasteiger partial charge in [-0.2, -0.15) is 0 Å². The first kappa shape index (κ1) is 14.6. The Bertz CT molecular complexity index is 193. The lowest BCUT2D eigenvalue weighted by molar-refractivity contribution is -0.0206. The van der Waals surface area contributed by atoms with Crippen molar-refractivity contribution >= 4 is 0 Å². The topological polar surface area (TPSA) is 60.5 Å². The minimum atomic E-state index is 0.0493. The molecule has 0 spiro atoms. The molecule has 0 aromatic rings. The van der Waals surface area contributed by atoms with Gasteiger partial charge in [-0.25, -0.2) is 0 Å². The maximum absolute atomic E-state index is 8.47. The summed E-state index contributed by atoms with van der Waals surface area (Å²) in [6, 6.07) is 0. The highest BCUT2D eigenvalue weighted by Gasteiger charge is 2.32. The van der Waals surface area contributed by atoms with Gasteiger partial charge in [-0.15, -0.1) is 6.58 Å². The van der Waals surface area contributed by atoms with Crippen LogP contribution in [0.4, 0.5) is 0 Å². The second-order valence-electron chi connectivity index (χ2n) is 3.75. The number of rotatable bonds is 12. The lowest BCUT2D eigenvalue weighted by atomic mass is 10.2. The van der Waals surface area contributed by atoms with Crippen LogP contribution in [0.15, 0.2) is 12.7 Å². The van der Waals surface area contributed by atoms with Gasteiger partial charge in [0.25, 0.3) is 0 Å². The van der Waals surface area contributed by atoms with Gasteiger partial charge in [0.2, 0.25) is 0 Å². The third kappa shape index (κ3) is 7.46. The van der Waals surface area contributed by atoms with Gasteiger partial charge in [0.05, 0.1) is 52.4 Å². The van der Waals surface area contributed by atoms with Crippen molar-refractivity contribution in [2.45, 2.75) is 18.6 Å². The molecule has 1 aliphatic heterocycles. The molecule has 0 radical (unpaired) electrons. The molecule has 5 heteroatoms. The van der Waals surface area contributed by atoms with E-state index in [4.69, 9.17) is 24.1 Å². The molecule has 2 atom stereocenters. The maximum atomic E-state index is 8.47. The van der Waals surface area contributed by atoms with Crippen LogP contribution in [0.5, 0.6) is 0 Å². The fourth-order valence-electron chi connectivity index (χ4n) is 1.41. The van der Waals surface area contributed by atoms with Crippen LogP contribution in [0.2, 0.25) is 0 Å². The van der Waals surface area contributed by atoms with Crippen molar-refractivity contribution in [3.63, 3.8) is 0 Å². The first-order valence-corrected chi connectivity index (χ1v) is 5.99. The van der Waals surface area contributed by atoms with Crippen molar-refractivity contribution in [1.82, 2.24) is 0 Å². The summed E-state index contributed by atoms with van der Waals surface area (Å²) < 4.78 is 21.2. The van der Waals surface area contributed by atoms with Crippen LogP contribution < -0.4 is 0 Å². The number of hydrogen-bond donors (Lipinski definition) is 1. The Hall–Kier alpha value is -0.460. The minimum absolute atomic E-state index is 0.0493. The summed E-state index contributed by atoms with van der Waals surface area (Å²) in [5.41, 5.74) is 0. The summed E-state index contributed by atoms with van der Waals surface area (Å²) in [7, 11) is 0. The Labute approximate surface area is 102 Å². The molecule has 0 aromatic heterocycles. The van der Waals surface area contributed by atoms with E-state index in [2.05, 4.69) is 6.58 Å². The molecule has 17 heavy (non-hydrogen) atoms. The van der Waals surface area contributed by atoms with Crippen molar-refractivity contribution in [3.05, 3.63) is 12.7 Å². The summed E-state index contributed by atoms with van der Waals surface area (Å²) in [4.78, 5) is 0. The Balaban J connectivity index is 1.86. The SMILES string of the molecule is C=CCC(OCCOCCOCCO)C1CO1. The standard InChI is InChI=1S/C12H22O5/c1-2-3-11(12-10-17-12)16-9-8-15-7-6-14-5-4-13/h2,11-13H,1,3-10H2. The monoisotopic (exact) mass is 246 g/mol. The molecule has 1 rings (SSSR count). The van der Waals surface area contributed by atoms with E-state index in [1.165, 1.54) is 0 Å². The van der Waals surface area contributed by atoms with E-state index in [9.17, 15) is 0 Å². The van der Waals surface area contributed by atoms with Gasteiger partial charge in [0.1, 0.15) is 6.10 Å². The summed E-state index contributed by atoms with van der Waals surface area (Å²) in [6.45, 7) is 7.01. The van der Waals surface area contributed by atoms with Crippen LogP contribution in [0.25, 0.3) is 0 Å². The third-order valence-corrected chi connectivity index (χ3v) is 2.34. The number of hydrogen-bond acceptors (Lipinski definition) is 5. The van der Waals surface area contributed by atoms with E-state index in [1.807, 2.05) is 6.08 Å². The fraction of sp³-hybridized carbons (Fsp3) is 0.833. The van der Waals surface area contributed by atoms with Gasteiger partial charge in [0, 0.05) is 0 Å². The van der Waals surface area contributed by atoms with E-state index < -0.39 is 0 Å². The quantitative estimate of drug-likeness (QED) is 0.306. The molecule has 100 valence electrons. The zero-order valence-electron chi connectivity index (χ0n) is 10.2. The van der Waals surface area contributed by atoms with Crippen molar-refractivity contribution in [3.8, 4) is 0 Å². The van der Waals surface area contributed by atoms with Crippen molar-refractivity contribution < 1.29 is 24.1 Å². The van der Waals surface area contributed by atoms with Crippen LogP contribution in [0.1, 0.15) is 6.42 Å². The predicted molar refractivity (Wildman–Crippen MR) is 63.0 cm³/mol. The lowest BCUT2D eigenvalue weighted by Crippen LogP contribution is -2.22. The normalized spacial score (nSPS) is 20.2. The van der Waals surface area contributed by atoms with Crippen LogP contribution in [-0.2, 0) is 18.9 Å². The Kier molecular flexibility index (Phi) is 8.21. The van der Waals surface area contributed by atoms with Gasteiger partial charge in [-0.3, -0.25) is 0 Å². The predicted octanol–water partition coefficient (Wildman–Crippen LogP) is 0.372. The molecule has 2 unspecified atom stereocenters. The minimum Gasteiger partial charge on any atom is -0.394 e. The maximum Gasteiger partial charge on any atom is 0.107 e. The zero-order chi connectivity index (χ0) is 12.3. The first-order valence-electron chi connectivity index (χ1n) is 5.99. The van der Waals surface area contributed by atoms with Gasteiger partial charge in [-0.1, -0.05) is 6.08 Å². The summed E-state index contributed by atoms with van der Waals surface area (Å²) in [6.07, 6.45) is 3.00. The highest BCUT2D eigenvalue weighted by molar-refractivity contribution is 4.85. The van der Waals surface area contributed by atoms with Crippen molar-refractivity contribution in [2.75, 3.05) is 46.2 Å². The molecule has 0 aromatic carbocycles. The van der Waals surface area contributed by atoms with Crippen LogP contribution in [0, 0.1) is 0 Å². The number of epoxide rings is 1. The van der Waals surface area contributed by atoms with E-state index in [-0.39, 0.29) is 18.8 Å². The molecule has 0 bridgehead atoms. The second kappa shape index (κ2) is 9.56. The van der Waals surface area contributed by atoms with Crippen LogP contribution in [0.3, 0.4) is 0 Å². The van der Waals surface area contributed by atoms with Gasteiger partial charge >= 0.3 is 0 Å².